The largest absolute Gasteiger partial charge is 0.273 e. The molecule has 0 radical (unpaired) electrons. The monoisotopic (exact) mass is 278 g/mol. The van der Waals surface area contributed by atoms with Gasteiger partial charge < -0.3 is 0 Å². The predicted molar refractivity (Wildman–Crippen MR) is 62.8 cm³/mol. The van der Waals surface area contributed by atoms with E-state index in [-0.39, 0.29) is 28.3 Å². The van der Waals surface area contributed by atoms with Gasteiger partial charge in [-0.2, -0.15) is 0 Å². The Kier molecular flexibility index (Phi) is 4.41. The third-order valence-electron chi connectivity index (χ3n) is 2.02. The van der Waals surface area contributed by atoms with Crippen LogP contribution in [0.2, 0.25) is 0 Å². The Morgan fingerprint density at radius 3 is 2.76 bits per heavy atom. The van der Waals surface area contributed by atoms with Crippen molar-refractivity contribution < 1.29 is 13.3 Å². The van der Waals surface area contributed by atoms with Crippen molar-refractivity contribution in [2.24, 2.45) is 5.92 Å². The second-order valence-electron chi connectivity index (χ2n) is 3.65. The van der Waals surface area contributed by atoms with Crippen LogP contribution in [0.4, 0.5) is 5.69 Å². The number of sulfone groups is 1. The van der Waals surface area contributed by atoms with Crippen molar-refractivity contribution in [3.63, 3.8) is 0 Å². The minimum absolute atomic E-state index is 0.176. The number of hydrogen-bond donors (Lipinski definition) is 0. The summed E-state index contributed by atoms with van der Waals surface area (Å²) >= 11 is 5.53. The van der Waals surface area contributed by atoms with Crippen molar-refractivity contribution in [2.45, 2.75) is 11.9 Å². The molecule has 94 valence electrons. The van der Waals surface area contributed by atoms with E-state index in [1.807, 2.05) is 0 Å². The summed E-state index contributed by atoms with van der Waals surface area (Å²) in [6.45, 7) is 1.68. The van der Waals surface area contributed by atoms with Crippen LogP contribution < -0.4 is 0 Å². The van der Waals surface area contributed by atoms with Gasteiger partial charge in [0, 0.05) is 18.1 Å². The standard InChI is InChI=1S/C9H11ClN2O4S/c1-7(5-10)6-17(15,16)9-4-8(12(13)14)2-3-11-9/h2-4,7H,5-6H2,1H3. The molecule has 0 saturated carbocycles. The summed E-state index contributed by atoms with van der Waals surface area (Å²) in [4.78, 5) is 13.5. The van der Waals surface area contributed by atoms with E-state index in [0.717, 1.165) is 18.3 Å². The molecule has 0 N–H and O–H groups in total. The fourth-order valence-corrected chi connectivity index (χ4v) is 2.99. The van der Waals surface area contributed by atoms with Gasteiger partial charge >= 0.3 is 0 Å². The van der Waals surface area contributed by atoms with Crippen molar-refractivity contribution in [3.8, 4) is 0 Å². The highest BCUT2D eigenvalue weighted by atomic mass is 35.5. The highest BCUT2D eigenvalue weighted by molar-refractivity contribution is 7.91. The van der Waals surface area contributed by atoms with Gasteiger partial charge in [0.15, 0.2) is 14.9 Å². The van der Waals surface area contributed by atoms with Crippen LogP contribution in [0.5, 0.6) is 0 Å². The molecule has 1 heterocycles. The third-order valence-corrected chi connectivity index (χ3v) is 4.41. The van der Waals surface area contributed by atoms with Crippen LogP contribution in [0.25, 0.3) is 0 Å². The Balaban J connectivity index is 3.07. The number of nitro groups is 1. The second kappa shape index (κ2) is 5.42. The molecule has 0 aliphatic heterocycles. The summed E-state index contributed by atoms with van der Waals surface area (Å²) in [6.07, 6.45) is 1.11. The van der Waals surface area contributed by atoms with Gasteiger partial charge in [-0.1, -0.05) is 6.92 Å². The number of halogens is 1. The van der Waals surface area contributed by atoms with Crippen molar-refractivity contribution in [3.05, 3.63) is 28.4 Å². The van der Waals surface area contributed by atoms with E-state index in [4.69, 9.17) is 11.6 Å². The molecule has 0 saturated heterocycles. The van der Waals surface area contributed by atoms with Gasteiger partial charge in [-0.25, -0.2) is 13.4 Å². The molecule has 1 rings (SSSR count). The van der Waals surface area contributed by atoms with Crippen LogP contribution in [0.1, 0.15) is 6.92 Å². The van der Waals surface area contributed by atoms with E-state index in [1.165, 1.54) is 0 Å². The average Bonchev–Trinajstić information content (AvgIpc) is 2.28. The average molecular weight is 279 g/mol. The predicted octanol–water partition coefficient (Wildman–Crippen LogP) is 1.64. The fourth-order valence-electron chi connectivity index (χ4n) is 1.19. The first-order valence-corrected chi connectivity index (χ1v) is 6.94. The molecule has 0 aliphatic carbocycles. The summed E-state index contributed by atoms with van der Waals surface area (Å²) in [5.74, 6) is -0.207. The molecule has 0 amide bonds. The SMILES string of the molecule is CC(CCl)CS(=O)(=O)c1cc([N+](=O)[O-])ccn1. The maximum Gasteiger partial charge on any atom is 0.273 e. The van der Waals surface area contributed by atoms with E-state index in [1.54, 1.807) is 6.92 Å². The van der Waals surface area contributed by atoms with Gasteiger partial charge in [0.1, 0.15) is 0 Å². The highest BCUT2D eigenvalue weighted by Gasteiger charge is 2.21. The van der Waals surface area contributed by atoms with Gasteiger partial charge in [-0.15, -0.1) is 11.6 Å². The second-order valence-corrected chi connectivity index (χ2v) is 5.94. The van der Waals surface area contributed by atoms with Crippen LogP contribution in [-0.2, 0) is 9.84 Å². The van der Waals surface area contributed by atoms with Crippen LogP contribution >= 0.6 is 11.6 Å². The number of pyridine rings is 1. The van der Waals surface area contributed by atoms with Gasteiger partial charge in [0.2, 0.25) is 0 Å². The lowest BCUT2D eigenvalue weighted by molar-refractivity contribution is -0.385. The van der Waals surface area contributed by atoms with Crippen LogP contribution in [0, 0.1) is 16.0 Å². The zero-order valence-electron chi connectivity index (χ0n) is 9.04. The number of nitrogens with zero attached hydrogens (tertiary/aromatic N) is 2. The lowest BCUT2D eigenvalue weighted by Crippen LogP contribution is -2.16. The van der Waals surface area contributed by atoms with Crippen molar-refractivity contribution in [1.29, 1.82) is 0 Å². The summed E-state index contributed by atoms with van der Waals surface area (Å²) < 4.78 is 23.7. The molecule has 0 aromatic carbocycles. The smallest absolute Gasteiger partial charge is 0.258 e. The number of alkyl halides is 1. The molecule has 0 spiro atoms. The lowest BCUT2D eigenvalue weighted by Gasteiger charge is -2.07. The molecule has 17 heavy (non-hydrogen) atoms. The van der Waals surface area contributed by atoms with E-state index in [0.29, 0.717) is 0 Å². The van der Waals surface area contributed by atoms with Gasteiger partial charge in [-0.05, 0) is 5.92 Å². The zero-order valence-corrected chi connectivity index (χ0v) is 10.6. The van der Waals surface area contributed by atoms with E-state index in [2.05, 4.69) is 4.98 Å². The zero-order chi connectivity index (χ0) is 13.1. The summed E-state index contributed by atoms with van der Waals surface area (Å²) in [7, 11) is -3.63. The van der Waals surface area contributed by atoms with E-state index >= 15 is 0 Å². The van der Waals surface area contributed by atoms with Crippen molar-refractivity contribution in [1.82, 2.24) is 4.98 Å². The van der Waals surface area contributed by atoms with Gasteiger partial charge in [0.05, 0.1) is 16.7 Å². The number of hydrogen-bond acceptors (Lipinski definition) is 5. The molecule has 1 unspecified atom stereocenters. The maximum absolute atomic E-state index is 11.8. The first-order chi connectivity index (χ1) is 7.86. The lowest BCUT2D eigenvalue weighted by atomic mass is 10.3. The van der Waals surface area contributed by atoms with Crippen LogP contribution in [0.3, 0.4) is 0 Å². The Labute approximate surface area is 104 Å². The Morgan fingerprint density at radius 2 is 2.24 bits per heavy atom. The van der Waals surface area contributed by atoms with Gasteiger partial charge in [0.25, 0.3) is 5.69 Å². The molecular weight excluding hydrogens is 268 g/mol. The molecule has 1 atom stereocenters. The van der Waals surface area contributed by atoms with E-state index in [9.17, 15) is 18.5 Å². The molecule has 0 aliphatic rings. The van der Waals surface area contributed by atoms with Crippen LogP contribution in [0.15, 0.2) is 23.4 Å². The molecule has 1 aromatic rings. The highest BCUT2D eigenvalue weighted by Crippen LogP contribution is 2.17. The Morgan fingerprint density at radius 1 is 1.59 bits per heavy atom. The quantitative estimate of drug-likeness (QED) is 0.464. The van der Waals surface area contributed by atoms with Gasteiger partial charge in [-0.3, -0.25) is 10.1 Å². The minimum atomic E-state index is -3.63. The fraction of sp³-hybridized carbons (Fsp3) is 0.444. The van der Waals surface area contributed by atoms with Crippen molar-refractivity contribution in [2.75, 3.05) is 11.6 Å². The normalized spacial score (nSPS) is 13.3. The molecule has 6 nitrogen and oxygen atoms in total. The number of aromatic nitrogens is 1. The Bertz CT molecular complexity index is 517. The number of rotatable bonds is 5. The van der Waals surface area contributed by atoms with E-state index < -0.39 is 14.8 Å². The summed E-state index contributed by atoms with van der Waals surface area (Å²) in [6, 6.07) is 2.10. The van der Waals surface area contributed by atoms with Crippen molar-refractivity contribution >= 4 is 27.1 Å². The third kappa shape index (κ3) is 3.64. The first kappa shape index (κ1) is 13.9. The molecule has 1 aromatic heterocycles. The summed E-state index contributed by atoms with van der Waals surface area (Å²) in [5.41, 5.74) is -0.294. The summed E-state index contributed by atoms with van der Waals surface area (Å²) in [5, 5.41) is 10.2. The first-order valence-electron chi connectivity index (χ1n) is 4.76. The Hall–Kier alpha value is -1.21. The molecule has 0 bridgehead atoms. The molecule has 8 heteroatoms. The molecule has 0 fully saturated rings. The maximum atomic E-state index is 11.8. The molecular formula is C9H11ClN2O4S. The topological polar surface area (TPSA) is 90.2 Å². The minimum Gasteiger partial charge on any atom is -0.258 e. The van der Waals surface area contributed by atoms with Crippen LogP contribution in [-0.4, -0.2) is 30.0 Å².